The number of amides is 1. The number of benzene rings is 3. The van der Waals surface area contributed by atoms with Crippen LogP contribution in [0.4, 0.5) is 17.1 Å². The highest BCUT2D eigenvalue weighted by atomic mass is 35.5. The predicted octanol–water partition coefficient (Wildman–Crippen LogP) is 5.22. The summed E-state index contributed by atoms with van der Waals surface area (Å²) in [5, 5.41) is 18.8. The molecule has 0 aromatic heterocycles. The van der Waals surface area contributed by atoms with Crippen LogP contribution in [0.3, 0.4) is 0 Å². The number of aromatic hydroxyl groups is 1. The molecule has 0 fully saturated rings. The lowest BCUT2D eigenvalue weighted by atomic mass is 10.2. The number of fused-ring (bicyclic) bond motifs is 1. The molecule has 0 aliphatic carbocycles. The first-order chi connectivity index (χ1) is 14.3. The van der Waals surface area contributed by atoms with E-state index in [-0.39, 0.29) is 33.2 Å². The van der Waals surface area contributed by atoms with E-state index >= 15 is 0 Å². The average molecular weight is 445 g/mol. The number of guanidine groups is 1. The van der Waals surface area contributed by atoms with E-state index in [9.17, 15) is 19.0 Å². The third-order valence-corrected chi connectivity index (χ3v) is 5.79. The van der Waals surface area contributed by atoms with Crippen molar-refractivity contribution in [2.24, 2.45) is 4.40 Å². The molecular weight excluding hydrogens is 428 g/mol. The number of hydrogen-bond acceptors (Lipinski definition) is 7. The van der Waals surface area contributed by atoms with Crippen LogP contribution in [-0.4, -0.2) is 26.1 Å². The van der Waals surface area contributed by atoms with Crippen LogP contribution in [0.2, 0.25) is 5.02 Å². The van der Waals surface area contributed by atoms with Gasteiger partial charge in [-0.1, -0.05) is 46.6 Å². The number of hydrogen-bond donors (Lipinski definition) is 6. The van der Waals surface area contributed by atoms with Crippen molar-refractivity contribution in [1.82, 2.24) is 0 Å². The summed E-state index contributed by atoms with van der Waals surface area (Å²) in [7, 11) is -3.57. The molecule has 0 radical (unpaired) electrons. The van der Waals surface area contributed by atoms with E-state index in [0.29, 0.717) is 16.9 Å². The topological polar surface area (TPSA) is 126 Å². The van der Waals surface area contributed by atoms with Gasteiger partial charge in [-0.05, 0) is 36.4 Å². The SMILES string of the molecule is O=C(Nc1cccc(NC2=NS(O)(O)c3cc(Cl)cc(O)c3N2)c1)c1ccccc1. The Balaban J connectivity index is 1.55. The number of halogens is 1. The summed E-state index contributed by atoms with van der Waals surface area (Å²) in [6.45, 7) is 0. The highest BCUT2D eigenvalue weighted by molar-refractivity contribution is 8.23. The van der Waals surface area contributed by atoms with Gasteiger partial charge >= 0.3 is 0 Å². The molecule has 0 unspecified atom stereocenters. The molecule has 0 bridgehead atoms. The second-order valence-corrected chi connectivity index (χ2v) is 8.50. The van der Waals surface area contributed by atoms with E-state index in [1.165, 1.54) is 12.1 Å². The van der Waals surface area contributed by atoms with E-state index in [1.54, 1.807) is 48.5 Å². The zero-order valence-corrected chi connectivity index (χ0v) is 16.9. The lowest BCUT2D eigenvalue weighted by Crippen LogP contribution is -2.27. The second-order valence-electron chi connectivity index (χ2n) is 6.41. The van der Waals surface area contributed by atoms with Crippen molar-refractivity contribution in [2.45, 2.75) is 4.90 Å². The van der Waals surface area contributed by atoms with Gasteiger partial charge in [-0.25, -0.2) is 0 Å². The number of phenols is 1. The summed E-state index contributed by atoms with van der Waals surface area (Å²) in [4.78, 5) is 12.3. The van der Waals surface area contributed by atoms with E-state index < -0.39 is 10.8 Å². The quantitative estimate of drug-likeness (QED) is 0.308. The van der Waals surface area contributed by atoms with Crippen LogP contribution in [0.25, 0.3) is 0 Å². The van der Waals surface area contributed by atoms with Crippen LogP contribution in [0.5, 0.6) is 5.75 Å². The molecule has 0 saturated heterocycles. The maximum atomic E-state index is 12.3. The van der Waals surface area contributed by atoms with Crippen molar-refractivity contribution in [3.05, 3.63) is 77.3 Å². The fourth-order valence-corrected chi connectivity index (χ4v) is 4.32. The highest BCUT2D eigenvalue weighted by Gasteiger charge is 2.29. The summed E-state index contributed by atoms with van der Waals surface area (Å²) in [5.41, 5.74) is 1.69. The number of rotatable bonds is 3. The molecule has 0 saturated carbocycles. The molecule has 8 nitrogen and oxygen atoms in total. The molecule has 10 heteroatoms. The van der Waals surface area contributed by atoms with Crippen LogP contribution < -0.4 is 16.0 Å². The van der Waals surface area contributed by atoms with Gasteiger partial charge in [0, 0.05) is 28.0 Å². The summed E-state index contributed by atoms with van der Waals surface area (Å²) in [5.74, 6) is -0.479. The Hall–Kier alpha value is -3.24. The van der Waals surface area contributed by atoms with Crippen molar-refractivity contribution in [3.8, 4) is 5.75 Å². The zero-order chi connectivity index (χ0) is 21.3. The predicted molar refractivity (Wildman–Crippen MR) is 120 cm³/mol. The molecule has 4 rings (SSSR count). The van der Waals surface area contributed by atoms with Gasteiger partial charge in [0.2, 0.25) is 5.96 Å². The molecule has 1 heterocycles. The molecular formula is C20H17ClN4O4S. The first-order valence-electron chi connectivity index (χ1n) is 8.73. The molecule has 1 aliphatic heterocycles. The minimum absolute atomic E-state index is 0.00178. The third-order valence-electron chi connectivity index (χ3n) is 4.22. The largest absolute Gasteiger partial charge is 0.506 e. The average Bonchev–Trinajstić information content (AvgIpc) is 2.69. The van der Waals surface area contributed by atoms with Crippen LogP contribution in [0, 0.1) is 0 Å². The van der Waals surface area contributed by atoms with E-state index in [1.807, 2.05) is 6.07 Å². The molecule has 154 valence electrons. The number of phenolic OH excluding ortho intramolecular Hbond substituents is 1. The molecule has 0 spiro atoms. The van der Waals surface area contributed by atoms with Crippen molar-refractivity contribution >= 4 is 51.3 Å². The number of carbonyl (C=O) groups excluding carboxylic acids is 1. The number of anilines is 3. The Bertz CT molecular complexity index is 1150. The Kier molecular flexibility index (Phi) is 5.27. The second kappa shape index (κ2) is 7.88. The summed E-state index contributed by atoms with van der Waals surface area (Å²) >= 11 is 5.88. The standard InChI is InChI=1S/C20H17ClN4O4S/c21-13-9-16(26)18-17(10-13)30(28,29)25-20(24-18)23-15-8-4-7-14(11-15)22-19(27)12-5-2-1-3-6-12/h1-11,26,28-29H,(H,22,27)(H2,23,24,25). The normalized spacial score (nSPS) is 15.2. The van der Waals surface area contributed by atoms with Crippen LogP contribution in [-0.2, 0) is 0 Å². The first kappa shape index (κ1) is 20.0. The third kappa shape index (κ3) is 4.19. The van der Waals surface area contributed by atoms with E-state index in [2.05, 4.69) is 20.3 Å². The van der Waals surface area contributed by atoms with Gasteiger partial charge in [0.1, 0.15) is 16.3 Å². The number of carbonyl (C=O) groups is 1. The zero-order valence-electron chi connectivity index (χ0n) is 15.3. The van der Waals surface area contributed by atoms with Gasteiger partial charge in [0.25, 0.3) is 5.91 Å². The van der Waals surface area contributed by atoms with Crippen molar-refractivity contribution in [3.63, 3.8) is 0 Å². The smallest absolute Gasteiger partial charge is 0.255 e. The molecule has 3 aromatic rings. The van der Waals surface area contributed by atoms with Gasteiger partial charge in [0.05, 0.1) is 0 Å². The van der Waals surface area contributed by atoms with E-state index in [4.69, 9.17) is 11.6 Å². The molecule has 0 atom stereocenters. The summed E-state index contributed by atoms with van der Waals surface area (Å²) < 4.78 is 24.6. The van der Waals surface area contributed by atoms with Crippen LogP contribution >= 0.6 is 22.4 Å². The maximum absolute atomic E-state index is 12.3. The number of nitrogens with one attached hydrogen (secondary N) is 3. The fraction of sp³-hybridized carbons (Fsp3) is 0. The highest BCUT2D eigenvalue weighted by Crippen LogP contribution is 2.57. The number of nitrogens with zero attached hydrogens (tertiary/aromatic N) is 1. The molecule has 3 aromatic carbocycles. The Morgan fingerprint density at radius 1 is 1.00 bits per heavy atom. The van der Waals surface area contributed by atoms with E-state index in [0.717, 1.165) is 0 Å². The Labute approximate surface area is 178 Å². The van der Waals surface area contributed by atoms with Crippen molar-refractivity contribution in [1.29, 1.82) is 0 Å². The van der Waals surface area contributed by atoms with Gasteiger partial charge in [-0.2, -0.15) is 0 Å². The molecule has 1 amide bonds. The summed E-state index contributed by atoms with van der Waals surface area (Å²) in [6, 6.07) is 18.2. The first-order valence-corrected chi connectivity index (χ1v) is 10.6. The Morgan fingerprint density at radius 2 is 1.73 bits per heavy atom. The molecule has 1 aliphatic rings. The van der Waals surface area contributed by atoms with Crippen LogP contribution in [0.15, 0.2) is 76.0 Å². The fourth-order valence-electron chi connectivity index (χ4n) is 2.89. The lowest BCUT2D eigenvalue weighted by Gasteiger charge is -2.34. The van der Waals surface area contributed by atoms with Crippen molar-refractivity contribution in [2.75, 3.05) is 16.0 Å². The maximum Gasteiger partial charge on any atom is 0.255 e. The minimum Gasteiger partial charge on any atom is -0.506 e. The molecule has 30 heavy (non-hydrogen) atoms. The summed E-state index contributed by atoms with van der Waals surface area (Å²) in [6.07, 6.45) is 0. The van der Waals surface area contributed by atoms with Gasteiger partial charge in [-0.3, -0.25) is 13.9 Å². The minimum atomic E-state index is -3.57. The van der Waals surface area contributed by atoms with Gasteiger partial charge in [0.15, 0.2) is 0 Å². The Morgan fingerprint density at radius 3 is 2.50 bits per heavy atom. The van der Waals surface area contributed by atoms with Gasteiger partial charge < -0.3 is 21.1 Å². The van der Waals surface area contributed by atoms with Crippen LogP contribution in [0.1, 0.15) is 10.4 Å². The molecule has 6 N–H and O–H groups in total. The lowest BCUT2D eigenvalue weighted by molar-refractivity contribution is 0.102. The van der Waals surface area contributed by atoms with Crippen molar-refractivity contribution < 1.29 is 19.0 Å². The van der Waals surface area contributed by atoms with Gasteiger partial charge in [-0.15, -0.1) is 4.40 Å². The monoisotopic (exact) mass is 444 g/mol.